The molecule has 1 aromatic rings. The number of rotatable bonds is 9. The number of allylic oxidation sites excluding steroid dienone is 1. The van der Waals surface area contributed by atoms with Crippen molar-refractivity contribution in [2.75, 3.05) is 20.3 Å². The van der Waals surface area contributed by atoms with Crippen LogP contribution < -0.4 is 0 Å². The normalized spacial score (nSPS) is 13.2. The monoisotopic (exact) mass is 332 g/mol. The molecular formula is C16H19F3O4. The molecule has 23 heavy (non-hydrogen) atoms. The van der Waals surface area contributed by atoms with Crippen molar-refractivity contribution in [2.45, 2.75) is 25.3 Å². The van der Waals surface area contributed by atoms with E-state index in [1.54, 1.807) is 0 Å². The van der Waals surface area contributed by atoms with Crippen molar-refractivity contribution < 1.29 is 32.2 Å². The first-order valence-electron chi connectivity index (χ1n) is 6.97. The van der Waals surface area contributed by atoms with Gasteiger partial charge < -0.3 is 14.2 Å². The maximum absolute atomic E-state index is 12.2. The van der Waals surface area contributed by atoms with Crippen LogP contribution in [0, 0.1) is 0 Å². The number of ether oxygens (including phenoxy) is 3. The van der Waals surface area contributed by atoms with Crippen molar-refractivity contribution in [1.82, 2.24) is 0 Å². The molecule has 0 radical (unpaired) electrons. The summed E-state index contributed by atoms with van der Waals surface area (Å²) in [6.45, 7) is 0.172. The van der Waals surface area contributed by atoms with Crippen LogP contribution in [0.15, 0.2) is 42.5 Å². The van der Waals surface area contributed by atoms with E-state index in [9.17, 15) is 18.0 Å². The minimum atomic E-state index is -4.46. The molecule has 1 unspecified atom stereocenters. The molecule has 1 rings (SSSR count). The lowest BCUT2D eigenvalue weighted by Crippen LogP contribution is -2.21. The quantitative estimate of drug-likeness (QED) is 0.395. The van der Waals surface area contributed by atoms with Crippen LogP contribution in [0.4, 0.5) is 13.2 Å². The predicted molar refractivity (Wildman–Crippen MR) is 77.7 cm³/mol. The SMILES string of the molecule is COCC(=O)OC(/C=C\C(F)(F)F)CCOCc1ccccc1. The molecular weight excluding hydrogens is 313 g/mol. The average molecular weight is 332 g/mol. The fourth-order valence-corrected chi connectivity index (χ4v) is 1.70. The second-order valence-electron chi connectivity index (χ2n) is 4.69. The largest absolute Gasteiger partial charge is 0.456 e. The van der Waals surface area contributed by atoms with Gasteiger partial charge in [0, 0.05) is 19.6 Å². The fraction of sp³-hybridized carbons (Fsp3) is 0.438. The summed E-state index contributed by atoms with van der Waals surface area (Å²) in [6.07, 6.45) is -4.50. The highest BCUT2D eigenvalue weighted by Gasteiger charge is 2.23. The molecule has 0 bridgehead atoms. The molecule has 0 fully saturated rings. The van der Waals surface area contributed by atoms with Gasteiger partial charge in [0.15, 0.2) is 0 Å². The first kappa shape index (κ1) is 19.2. The lowest BCUT2D eigenvalue weighted by molar-refractivity contribution is -0.152. The maximum Gasteiger partial charge on any atom is 0.409 e. The van der Waals surface area contributed by atoms with Crippen molar-refractivity contribution in [1.29, 1.82) is 0 Å². The van der Waals surface area contributed by atoms with Crippen molar-refractivity contribution in [2.24, 2.45) is 0 Å². The Balaban J connectivity index is 2.45. The molecule has 0 aliphatic rings. The molecule has 0 aliphatic carbocycles. The van der Waals surface area contributed by atoms with E-state index in [0.717, 1.165) is 11.6 Å². The number of carbonyl (C=O) groups is 1. The van der Waals surface area contributed by atoms with Crippen molar-refractivity contribution in [3.05, 3.63) is 48.0 Å². The van der Waals surface area contributed by atoms with Gasteiger partial charge in [0.25, 0.3) is 0 Å². The summed E-state index contributed by atoms with van der Waals surface area (Å²) < 4.78 is 51.6. The minimum Gasteiger partial charge on any atom is -0.456 e. The molecule has 1 aromatic carbocycles. The second kappa shape index (κ2) is 10.0. The van der Waals surface area contributed by atoms with Gasteiger partial charge in [0.2, 0.25) is 0 Å². The third-order valence-electron chi connectivity index (χ3n) is 2.70. The van der Waals surface area contributed by atoms with Crippen LogP contribution in [-0.4, -0.2) is 38.6 Å². The lowest BCUT2D eigenvalue weighted by atomic mass is 10.2. The molecule has 0 aromatic heterocycles. The van der Waals surface area contributed by atoms with E-state index in [1.165, 1.54) is 7.11 Å². The highest BCUT2D eigenvalue weighted by Crippen LogP contribution is 2.17. The molecule has 1 atom stereocenters. The van der Waals surface area contributed by atoms with Gasteiger partial charge in [-0.15, -0.1) is 0 Å². The summed E-state index contributed by atoms with van der Waals surface area (Å²) >= 11 is 0. The van der Waals surface area contributed by atoms with Crippen molar-refractivity contribution in [3.8, 4) is 0 Å². The summed E-state index contributed by atoms with van der Waals surface area (Å²) in [5, 5.41) is 0. The van der Waals surface area contributed by atoms with Crippen LogP contribution in [0.25, 0.3) is 0 Å². The number of carbonyl (C=O) groups excluding carboxylic acids is 1. The molecule has 0 aliphatic heterocycles. The Kier molecular flexibility index (Phi) is 8.36. The third kappa shape index (κ3) is 9.70. The Hall–Kier alpha value is -1.86. The third-order valence-corrected chi connectivity index (χ3v) is 2.70. The van der Waals surface area contributed by atoms with Crippen LogP contribution in [-0.2, 0) is 25.6 Å². The smallest absolute Gasteiger partial charge is 0.409 e. The Morgan fingerprint density at radius 1 is 1.26 bits per heavy atom. The zero-order chi connectivity index (χ0) is 17.1. The summed E-state index contributed by atoms with van der Waals surface area (Å²) in [4.78, 5) is 11.3. The van der Waals surface area contributed by atoms with E-state index < -0.39 is 18.2 Å². The van der Waals surface area contributed by atoms with Gasteiger partial charge in [-0.1, -0.05) is 30.3 Å². The number of hydrogen-bond acceptors (Lipinski definition) is 4. The fourth-order valence-electron chi connectivity index (χ4n) is 1.70. The van der Waals surface area contributed by atoms with E-state index in [0.29, 0.717) is 6.61 Å². The van der Waals surface area contributed by atoms with Crippen molar-refractivity contribution >= 4 is 5.97 Å². The summed E-state index contributed by atoms with van der Waals surface area (Å²) in [6, 6.07) is 9.34. The Bertz CT molecular complexity index is 486. The van der Waals surface area contributed by atoms with E-state index in [2.05, 4.69) is 4.74 Å². The highest BCUT2D eigenvalue weighted by atomic mass is 19.4. The lowest BCUT2D eigenvalue weighted by Gasteiger charge is -2.15. The van der Waals surface area contributed by atoms with Crippen LogP contribution in [0.3, 0.4) is 0 Å². The number of benzene rings is 1. The van der Waals surface area contributed by atoms with Gasteiger partial charge in [0.05, 0.1) is 13.2 Å². The number of methoxy groups -OCH3 is 1. The zero-order valence-electron chi connectivity index (χ0n) is 12.7. The molecule has 0 saturated carbocycles. The molecule has 0 spiro atoms. The Morgan fingerprint density at radius 2 is 1.96 bits per heavy atom. The van der Waals surface area contributed by atoms with Crippen LogP contribution in [0.1, 0.15) is 12.0 Å². The van der Waals surface area contributed by atoms with Gasteiger partial charge in [-0.25, -0.2) is 4.79 Å². The molecule has 128 valence electrons. The van der Waals surface area contributed by atoms with Gasteiger partial charge >= 0.3 is 12.1 Å². The highest BCUT2D eigenvalue weighted by molar-refractivity contribution is 5.71. The van der Waals surface area contributed by atoms with Gasteiger partial charge in [-0.05, 0) is 11.6 Å². The number of esters is 1. The molecule has 4 nitrogen and oxygen atoms in total. The molecule has 0 heterocycles. The zero-order valence-corrected chi connectivity index (χ0v) is 12.7. The topological polar surface area (TPSA) is 44.8 Å². The predicted octanol–water partition coefficient (Wildman–Crippen LogP) is 3.27. The standard InChI is InChI=1S/C16H19F3O4/c1-21-12-15(20)23-14(7-9-16(17,18)19)8-10-22-11-13-5-3-2-4-6-13/h2-7,9,14H,8,10-12H2,1H3/b9-7-. The molecule has 0 amide bonds. The van der Waals surface area contributed by atoms with Crippen LogP contribution in [0.2, 0.25) is 0 Å². The Labute approximate surface area is 132 Å². The van der Waals surface area contributed by atoms with Gasteiger partial charge in [-0.2, -0.15) is 13.2 Å². The van der Waals surface area contributed by atoms with Crippen molar-refractivity contribution in [3.63, 3.8) is 0 Å². The summed E-state index contributed by atoms with van der Waals surface area (Å²) in [5.74, 6) is -0.729. The van der Waals surface area contributed by atoms with E-state index in [1.807, 2.05) is 30.3 Å². The minimum absolute atomic E-state index is 0.0505. The number of alkyl halides is 3. The first-order chi connectivity index (χ1) is 10.9. The van der Waals surface area contributed by atoms with E-state index >= 15 is 0 Å². The summed E-state index contributed by atoms with van der Waals surface area (Å²) in [5.41, 5.74) is 0.950. The number of halogens is 3. The number of hydrogen-bond donors (Lipinski definition) is 0. The van der Waals surface area contributed by atoms with Crippen LogP contribution in [0.5, 0.6) is 0 Å². The van der Waals surface area contributed by atoms with Crippen LogP contribution >= 0.6 is 0 Å². The molecule has 0 N–H and O–H groups in total. The second-order valence-corrected chi connectivity index (χ2v) is 4.69. The first-order valence-corrected chi connectivity index (χ1v) is 6.97. The molecule has 0 saturated heterocycles. The maximum atomic E-state index is 12.2. The summed E-state index contributed by atoms with van der Waals surface area (Å²) in [7, 11) is 1.30. The average Bonchev–Trinajstić information content (AvgIpc) is 2.49. The van der Waals surface area contributed by atoms with Gasteiger partial charge in [0.1, 0.15) is 12.7 Å². The van der Waals surface area contributed by atoms with E-state index in [4.69, 9.17) is 9.47 Å². The molecule has 7 heteroatoms. The van der Waals surface area contributed by atoms with E-state index in [-0.39, 0.29) is 25.7 Å². The Morgan fingerprint density at radius 3 is 2.57 bits per heavy atom. The van der Waals surface area contributed by atoms with Gasteiger partial charge in [-0.3, -0.25) is 0 Å².